The van der Waals surface area contributed by atoms with E-state index in [0.29, 0.717) is 17.4 Å². The van der Waals surface area contributed by atoms with Gasteiger partial charge in [0.05, 0.1) is 27.7 Å². The monoisotopic (exact) mass is 923 g/mol. The highest BCUT2D eigenvalue weighted by Gasteiger charge is 2.27. The lowest BCUT2D eigenvalue weighted by Crippen LogP contribution is -2.37. The maximum atomic E-state index is 12.7. The first-order chi connectivity index (χ1) is 31.0. The second-order valence-corrected chi connectivity index (χ2v) is 20.3. The smallest absolute Gasteiger partial charge is 0.462 e. The normalized spacial score (nSPS) is 13.8. The van der Waals surface area contributed by atoms with Gasteiger partial charge in [-0.2, -0.15) is 0 Å². The predicted molar refractivity (Wildman–Crippen MR) is 270 cm³/mol. The molecule has 0 fully saturated rings. The zero-order valence-electron chi connectivity index (χ0n) is 42.3. The van der Waals surface area contributed by atoms with E-state index in [1.54, 1.807) is 0 Å². The first-order valence-corrected chi connectivity index (χ1v) is 27.9. The van der Waals surface area contributed by atoms with Gasteiger partial charge in [-0.05, 0) is 77.0 Å². The molecule has 0 radical (unpaired) electrons. The molecule has 0 aromatic carbocycles. The second kappa shape index (κ2) is 46.1. The van der Waals surface area contributed by atoms with Gasteiger partial charge >= 0.3 is 19.8 Å². The molecule has 0 bridgehead atoms. The van der Waals surface area contributed by atoms with E-state index in [1.807, 2.05) is 21.1 Å². The largest absolute Gasteiger partial charge is 0.472 e. The summed E-state index contributed by atoms with van der Waals surface area (Å²) in [5.41, 5.74) is 0. The average molecular weight is 923 g/mol. The minimum absolute atomic E-state index is 0.0226. The van der Waals surface area contributed by atoms with Crippen molar-refractivity contribution in [1.82, 2.24) is 0 Å². The number of unbranched alkanes of at least 4 members (excludes halogenated alkanes) is 26. The standard InChI is InChI=1S/C54H100NO8P/c1-6-8-10-12-14-16-18-20-22-24-25-26-27-28-29-31-33-35-37-39-41-43-45-47-54(57)63-52(51-62-64(58,59)61-49-48-55(3,4)5)50-60-53(56)46-44-42-40-38-36-34-32-30-23-21-19-17-15-13-11-9-7-2/h15,17,21,23,31,33,39,41,52H,6-14,16,18-20,22,24-30,32,34-38,40,42-51H2,1-5H3/p+1/b17-15+,23-21+,33-31+,41-39+/t52-/m1/s1. The average Bonchev–Trinajstić information content (AvgIpc) is 3.25. The number of nitrogens with zero attached hydrogens (tertiary/aromatic N) is 1. The van der Waals surface area contributed by atoms with Gasteiger partial charge in [-0.1, -0.05) is 191 Å². The number of carbonyl (C=O) groups is 2. The molecule has 0 rings (SSSR count). The fourth-order valence-corrected chi connectivity index (χ4v) is 7.92. The van der Waals surface area contributed by atoms with Crippen molar-refractivity contribution < 1.29 is 42.1 Å². The molecule has 9 nitrogen and oxygen atoms in total. The van der Waals surface area contributed by atoms with E-state index in [9.17, 15) is 19.0 Å². The molecule has 0 aliphatic rings. The van der Waals surface area contributed by atoms with E-state index < -0.39 is 26.5 Å². The number of likely N-dealkylation sites (N-methyl/N-ethyl adjacent to an activating group) is 1. The number of hydrogen-bond acceptors (Lipinski definition) is 7. The van der Waals surface area contributed by atoms with Gasteiger partial charge < -0.3 is 18.9 Å². The number of carbonyl (C=O) groups excluding carboxylic acids is 2. The minimum atomic E-state index is -4.39. The number of allylic oxidation sites excluding steroid dienone is 8. The Kier molecular flexibility index (Phi) is 44.6. The van der Waals surface area contributed by atoms with Crippen molar-refractivity contribution >= 4 is 19.8 Å². The van der Waals surface area contributed by atoms with Gasteiger partial charge in [0.15, 0.2) is 6.10 Å². The van der Waals surface area contributed by atoms with Crippen molar-refractivity contribution in [2.24, 2.45) is 0 Å². The molecule has 64 heavy (non-hydrogen) atoms. The van der Waals surface area contributed by atoms with Gasteiger partial charge in [0.1, 0.15) is 19.8 Å². The lowest BCUT2D eigenvalue weighted by atomic mass is 10.0. The van der Waals surface area contributed by atoms with Crippen LogP contribution in [0.2, 0.25) is 0 Å². The third kappa shape index (κ3) is 49.4. The zero-order valence-corrected chi connectivity index (χ0v) is 43.2. The van der Waals surface area contributed by atoms with Crippen molar-refractivity contribution in [2.75, 3.05) is 47.5 Å². The van der Waals surface area contributed by atoms with Crippen LogP contribution in [0.4, 0.5) is 0 Å². The van der Waals surface area contributed by atoms with Crippen molar-refractivity contribution in [3.05, 3.63) is 48.6 Å². The number of ether oxygens (including phenoxy) is 2. The van der Waals surface area contributed by atoms with E-state index in [4.69, 9.17) is 18.5 Å². The van der Waals surface area contributed by atoms with Crippen molar-refractivity contribution in [3.63, 3.8) is 0 Å². The lowest BCUT2D eigenvalue weighted by Gasteiger charge is -2.24. The Morgan fingerprint density at radius 2 is 0.875 bits per heavy atom. The third-order valence-electron chi connectivity index (χ3n) is 11.3. The molecular formula is C54H101NO8P+. The molecule has 0 aliphatic carbocycles. The Hall–Kier alpha value is -2.03. The minimum Gasteiger partial charge on any atom is -0.462 e. The number of rotatable bonds is 48. The van der Waals surface area contributed by atoms with Gasteiger partial charge in [-0.3, -0.25) is 18.6 Å². The van der Waals surface area contributed by atoms with Crippen LogP contribution < -0.4 is 0 Å². The maximum Gasteiger partial charge on any atom is 0.472 e. The Morgan fingerprint density at radius 3 is 1.38 bits per heavy atom. The van der Waals surface area contributed by atoms with Crippen LogP contribution >= 0.6 is 7.82 Å². The molecule has 0 heterocycles. The zero-order chi connectivity index (χ0) is 47.1. The van der Waals surface area contributed by atoms with Crippen molar-refractivity contribution in [2.45, 2.75) is 238 Å². The van der Waals surface area contributed by atoms with Crippen LogP contribution in [0.5, 0.6) is 0 Å². The van der Waals surface area contributed by atoms with Crippen LogP contribution in [0.25, 0.3) is 0 Å². The van der Waals surface area contributed by atoms with Crippen LogP contribution in [0.1, 0.15) is 232 Å². The highest BCUT2D eigenvalue weighted by Crippen LogP contribution is 2.43. The summed E-state index contributed by atoms with van der Waals surface area (Å²) in [6.45, 7) is 4.37. The summed E-state index contributed by atoms with van der Waals surface area (Å²) in [6.07, 6.45) is 56.1. The molecule has 1 N–H and O–H groups in total. The van der Waals surface area contributed by atoms with Crippen LogP contribution in [0, 0.1) is 0 Å². The summed E-state index contributed by atoms with van der Waals surface area (Å²) in [5, 5.41) is 0. The predicted octanol–water partition coefficient (Wildman–Crippen LogP) is 15.8. The molecule has 0 aliphatic heterocycles. The summed E-state index contributed by atoms with van der Waals surface area (Å²) in [6, 6.07) is 0. The van der Waals surface area contributed by atoms with Gasteiger partial charge in [0.2, 0.25) is 0 Å². The van der Waals surface area contributed by atoms with Crippen molar-refractivity contribution in [1.29, 1.82) is 0 Å². The molecule has 0 aromatic heterocycles. The third-order valence-corrected chi connectivity index (χ3v) is 12.3. The van der Waals surface area contributed by atoms with Crippen LogP contribution in [0.3, 0.4) is 0 Å². The molecule has 10 heteroatoms. The van der Waals surface area contributed by atoms with Gasteiger partial charge in [0.25, 0.3) is 0 Å². The summed E-state index contributed by atoms with van der Waals surface area (Å²) >= 11 is 0. The molecule has 0 spiro atoms. The van der Waals surface area contributed by atoms with E-state index in [0.717, 1.165) is 64.2 Å². The van der Waals surface area contributed by atoms with Gasteiger partial charge in [0, 0.05) is 12.8 Å². The fraction of sp³-hybridized carbons (Fsp3) is 0.815. The molecular weight excluding hydrogens is 822 g/mol. The maximum absolute atomic E-state index is 12.7. The van der Waals surface area contributed by atoms with E-state index in [2.05, 4.69) is 62.5 Å². The number of phosphoric ester groups is 1. The molecule has 0 amide bonds. The molecule has 0 aromatic rings. The molecule has 0 saturated heterocycles. The van der Waals surface area contributed by atoms with Gasteiger partial charge in [-0.25, -0.2) is 4.57 Å². The van der Waals surface area contributed by atoms with Crippen LogP contribution in [-0.4, -0.2) is 74.9 Å². The van der Waals surface area contributed by atoms with E-state index in [1.165, 1.54) is 135 Å². The number of quaternary nitrogens is 1. The Balaban J connectivity index is 4.29. The summed E-state index contributed by atoms with van der Waals surface area (Å²) < 4.78 is 34.4. The Labute approximate surface area is 394 Å². The Morgan fingerprint density at radius 1 is 0.484 bits per heavy atom. The van der Waals surface area contributed by atoms with Gasteiger partial charge in [-0.15, -0.1) is 0 Å². The number of esters is 2. The molecule has 374 valence electrons. The highest BCUT2D eigenvalue weighted by atomic mass is 31.2. The lowest BCUT2D eigenvalue weighted by molar-refractivity contribution is -0.870. The summed E-state index contributed by atoms with van der Waals surface area (Å²) in [7, 11) is 1.45. The molecule has 1 unspecified atom stereocenters. The van der Waals surface area contributed by atoms with Crippen LogP contribution in [0.15, 0.2) is 48.6 Å². The fourth-order valence-electron chi connectivity index (χ4n) is 7.18. The summed E-state index contributed by atoms with van der Waals surface area (Å²) in [5.74, 6) is -0.852. The quantitative estimate of drug-likeness (QED) is 0.0211. The van der Waals surface area contributed by atoms with Crippen molar-refractivity contribution in [3.8, 4) is 0 Å². The number of hydrogen-bond donors (Lipinski definition) is 1. The Bertz CT molecular complexity index is 1230. The molecule has 2 atom stereocenters. The highest BCUT2D eigenvalue weighted by molar-refractivity contribution is 7.47. The first-order valence-electron chi connectivity index (χ1n) is 26.4. The SMILES string of the molecule is CCCCC/C=C/C/C=C/CCCCCCCCCC(=O)OC[C@H](COP(=O)(O)OCC[N+](C)(C)C)OC(=O)CCC/C=C/CC/C=C/CCCCCCCCCCCCCCCC. The first kappa shape index (κ1) is 62.0. The van der Waals surface area contributed by atoms with E-state index in [-0.39, 0.29) is 32.0 Å². The van der Waals surface area contributed by atoms with Crippen LogP contribution in [-0.2, 0) is 32.7 Å². The molecule has 0 saturated carbocycles. The topological polar surface area (TPSA) is 108 Å². The number of phosphoric acid groups is 1. The second-order valence-electron chi connectivity index (χ2n) is 18.9. The van der Waals surface area contributed by atoms with E-state index >= 15 is 0 Å². The summed E-state index contributed by atoms with van der Waals surface area (Å²) in [4.78, 5) is 35.5.